The Morgan fingerprint density at radius 1 is 1.25 bits per heavy atom. The Hall–Kier alpha value is -0.480. The van der Waals surface area contributed by atoms with Gasteiger partial charge in [0.2, 0.25) is 0 Å². The van der Waals surface area contributed by atoms with E-state index in [0.29, 0.717) is 0 Å². The van der Waals surface area contributed by atoms with Gasteiger partial charge >= 0.3 is 0 Å². The molecule has 0 amide bonds. The molecule has 0 fully saturated rings. The van der Waals surface area contributed by atoms with Gasteiger partial charge in [-0.25, -0.2) is 0 Å². The maximum absolute atomic E-state index is 4.23. The molecule has 12 heavy (non-hydrogen) atoms. The molecule has 0 radical (unpaired) electrons. The minimum absolute atomic E-state index is 0.981. The number of halogens is 1. The minimum Gasteiger partial charge on any atom is -0.173 e. The first kappa shape index (κ1) is 8.13. The van der Waals surface area contributed by atoms with Crippen LogP contribution in [-0.4, -0.2) is 8.75 Å². The van der Waals surface area contributed by atoms with Crippen LogP contribution < -0.4 is 0 Å². The number of hydrogen-bond donors (Lipinski definition) is 0. The summed E-state index contributed by atoms with van der Waals surface area (Å²) in [6.07, 6.45) is 0. The molecule has 2 aromatic rings. The monoisotopic (exact) mass is 242 g/mol. The van der Waals surface area contributed by atoms with Crippen LogP contribution in [0.1, 0.15) is 11.1 Å². The van der Waals surface area contributed by atoms with E-state index in [2.05, 4.69) is 38.5 Å². The topological polar surface area (TPSA) is 25.8 Å². The molecule has 0 atom stereocenters. The van der Waals surface area contributed by atoms with Crippen LogP contribution in [0.25, 0.3) is 11.0 Å². The molecule has 0 unspecified atom stereocenters. The summed E-state index contributed by atoms with van der Waals surface area (Å²) in [5, 5.41) is 0. The average Bonchev–Trinajstić information content (AvgIpc) is 2.48. The van der Waals surface area contributed by atoms with Crippen LogP contribution in [0.15, 0.2) is 10.5 Å². The van der Waals surface area contributed by atoms with Crippen LogP contribution in [0.4, 0.5) is 0 Å². The molecule has 1 aromatic carbocycles. The maximum Gasteiger partial charge on any atom is 0.108 e. The Labute approximate surface area is 83.1 Å². The van der Waals surface area contributed by atoms with Gasteiger partial charge in [-0.2, -0.15) is 8.75 Å². The molecule has 0 aliphatic heterocycles. The first-order valence-electron chi connectivity index (χ1n) is 3.58. The standard InChI is InChI=1S/C8H7BrN2S/c1-4-5(2)8-7(3-6(4)9)10-12-11-8/h3H,1-2H3. The van der Waals surface area contributed by atoms with Crippen molar-refractivity contribution in [2.24, 2.45) is 0 Å². The van der Waals surface area contributed by atoms with Crippen LogP contribution in [-0.2, 0) is 0 Å². The Bertz CT molecular complexity index is 436. The minimum atomic E-state index is 0.981. The van der Waals surface area contributed by atoms with E-state index >= 15 is 0 Å². The molecule has 0 saturated heterocycles. The third kappa shape index (κ3) is 1.06. The number of benzene rings is 1. The summed E-state index contributed by atoms with van der Waals surface area (Å²) < 4.78 is 9.52. The maximum atomic E-state index is 4.23. The molecule has 4 heteroatoms. The van der Waals surface area contributed by atoms with Gasteiger partial charge in [0.25, 0.3) is 0 Å². The van der Waals surface area contributed by atoms with Gasteiger partial charge in [-0.3, -0.25) is 0 Å². The number of aromatic nitrogens is 2. The van der Waals surface area contributed by atoms with E-state index in [1.807, 2.05) is 6.07 Å². The van der Waals surface area contributed by atoms with Gasteiger partial charge in [0.1, 0.15) is 11.0 Å². The molecule has 0 aliphatic carbocycles. The number of rotatable bonds is 0. The summed E-state index contributed by atoms with van der Waals surface area (Å²) in [5.41, 5.74) is 4.47. The fourth-order valence-electron chi connectivity index (χ4n) is 1.14. The van der Waals surface area contributed by atoms with Gasteiger partial charge in [0, 0.05) is 4.47 Å². The molecule has 0 aliphatic rings. The molecule has 1 heterocycles. The van der Waals surface area contributed by atoms with Crippen molar-refractivity contribution in [3.05, 3.63) is 21.7 Å². The molecule has 2 rings (SSSR count). The Balaban J connectivity index is 2.94. The smallest absolute Gasteiger partial charge is 0.108 e. The van der Waals surface area contributed by atoms with Crippen molar-refractivity contribution in [2.75, 3.05) is 0 Å². The van der Waals surface area contributed by atoms with Crippen LogP contribution in [0.3, 0.4) is 0 Å². The van der Waals surface area contributed by atoms with Crippen molar-refractivity contribution in [3.63, 3.8) is 0 Å². The van der Waals surface area contributed by atoms with Gasteiger partial charge in [-0.15, -0.1) is 0 Å². The van der Waals surface area contributed by atoms with Gasteiger partial charge < -0.3 is 0 Å². The Morgan fingerprint density at radius 3 is 2.75 bits per heavy atom. The van der Waals surface area contributed by atoms with Crippen molar-refractivity contribution in [1.29, 1.82) is 0 Å². The van der Waals surface area contributed by atoms with Crippen LogP contribution in [0, 0.1) is 13.8 Å². The number of nitrogens with zero attached hydrogens (tertiary/aromatic N) is 2. The van der Waals surface area contributed by atoms with Crippen molar-refractivity contribution in [1.82, 2.24) is 8.75 Å². The Morgan fingerprint density at radius 2 is 2.00 bits per heavy atom. The highest BCUT2D eigenvalue weighted by molar-refractivity contribution is 9.10. The highest BCUT2D eigenvalue weighted by atomic mass is 79.9. The van der Waals surface area contributed by atoms with Crippen LogP contribution in [0.2, 0.25) is 0 Å². The molecule has 1 aromatic heterocycles. The largest absolute Gasteiger partial charge is 0.173 e. The van der Waals surface area contributed by atoms with Gasteiger partial charge in [0.05, 0.1) is 11.7 Å². The summed E-state index contributed by atoms with van der Waals surface area (Å²) >= 11 is 4.75. The quantitative estimate of drug-likeness (QED) is 0.710. The van der Waals surface area contributed by atoms with E-state index in [1.165, 1.54) is 22.9 Å². The third-order valence-electron chi connectivity index (χ3n) is 2.05. The van der Waals surface area contributed by atoms with Gasteiger partial charge in [-0.05, 0) is 31.0 Å². The SMILES string of the molecule is Cc1c(Br)cc2nsnc2c1C. The molecule has 0 spiro atoms. The summed E-state index contributed by atoms with van der Waals surface area (Å²) in [4.78, 5) is 0. The van der Waals surface area contributed by atoms with E-state index in [9.17, 15) is 0 Å². The van der Waals surface area contributed by atoms with E-state index in [1.54, 1.807) is 0 Å². The lowest BCUT2D eigenvalue weighted by Gasteiger charge is -2.01. The lowest BCUT2D eigenvalue weighted by molar-refractivity contribution is 1.34. The molecule has 0 bridgehead atoms. The van der Waals surface area contributed by atoms with E-state index < -0.39 is 0 Å². The summed E-state index contributed by atoms with van der Waals surface area (Å²) in [6.45, 7) is 4.15. The van der Waals surface area contributed by atoms with Crippen LogP contribution >= 0.6 is 27.7 Å². The van der Waals surface area contributed by atoms with Crippen LogP contribution in [0.5, 0.6) is 0 Å². The second-order valence-corrected chi connectivity index (χ2v) is 4.12. The highest BCUT2D eigenvalue weighted by Gasteiger charge is 2.07. The molecule has 0 N–H and O–H groups in total. The average molecular weight is 243 g/mol. The second-order valence-electron chi connectivity index (χ2n) is 2.74. The molecular formula is C8H7BrN2S. The van der Waals surface area contributed by atoms with Crippen molar-refractivity contribution >= 4 is 38.7 Å². The molecule has 62 valence electrons. The predicted molar refractivity (Wildman–Crippen MR) is 54.6 cm³/mol. The molecule has 2 nitrogen and oxygen atoms in total. The van der Waals surface area contributed by atoms with Crippen molar-refractivity contribution < 1.29 is 0 Å². The van der Waals surface area contributed by atoms with Gasteiger partial charge in [-0.1, -0.05) is 15.9 Å². The van der Waals surface area contributed by atoms with Gasteiger partial charge in [0.15, 0.2) is 0 Å². The zero-order chi connectivity index (χ0) is 8.72. The number of hydrogen-bond acceptors (Lipinski definition) is 3. The fraction of sp³-hybridized carbons (Fsp3) is 0.250. The first-order valence-corrected chi connectivity index (χ1v) is 5.10. The zero-order valence-corrected chi connectivity index (χ0v) is 9.16. The Kier molecular flexibility index (Phi) is 1.88. The van der Waals surface area contributed by atoms with Crippen molar-refractivity contribution in [3.8, 4) is 0 Å². The van der Waals surface area contributed by atoms with E-state index in [0.717, 1.165) is 15.5 Å². The third-order valence-corrected chi connectivity index (χ3v) is 3.42. The van der Waals surface area contributed by atoms with E-state index in [-0.39, 0.29) is 0 Å². The van der Waals surface area contributed by atoms with E-state index in [4.69, 9.17) is 0 Å². The lowest BCUT2D eigenvalue weighted by atomic mass is 10.1. The number of fused-ring (bicyclic) bond motifs is 1. The fourth-order valence-corrected chi connectivity index (χ4v) is 2.23. The zero-order valence-electron chi connectivity index (χ0n) is 6.76. The molecular weight excluding hydrogens is 236 g/mol. The highest BCUT2D eigenvalue weighted by Crippen LogP contribution is 2.26. The summed E-state index contributed by atoms with van der Waals surface area (Å²) in [7, 11) is 0. The summed E-state index contributed by atoms with van der Waals surface area (Å²) in [5.74, 6) is 0. The first-order chi connectivity index (χ1) is 5.70. The normalized spacial score (nSPS) is 10.9. The second kappa shape index (κ2) is 2.78. The lowest BCUT2D eigenvalue weighted by Crippen LogP contribution is -1.84. The van der Waals surface area contributed by atoms with Crippen molar-refractivity contribution in [2.45, 2.75) is 13.8 Å². The molecule has 0 saturated carbocycles. The number of aryl methyl sites for hydroxylation is 1. The summed E-state index contributed by atoms with van der Waals surface area (Å²) in [6, 6.07) is 2.02. The predicted octanol–water partition coefficient (Wildman–Crippen LogP) is 3.07.